The van der Waals surface area contributed by atoms with Crippen LogP contribution < -0.4 is 4.72 Å². The van der Waals surface area contributed by atoms with Gasteiger partial charge < -0.3 is 0 Å². The van der Waals surface area contributed by atoms with Gasteiger partial charge in [0.2, 0.25) is 10.0 Å². The van der Waals surface area contributed by atoms with Gasteiger partial charge in [0, 0.05) is 6.54 Å². The first-order chi connectivity index (χ1) is 13.5. The first-order valence-electron chi connectivity index (χ1n) is 7.87. The van der Waals surface area contributed by atoms with Crippen molar-refractivity contribution < 1.29 is 47.7 Å². The van der Waals surface area contributed by atoms with E-state index in [1.165, 1.54) is 0 Å². The molecule has 0 spiro atoms. The smallest absolute Gasteiger partial charge is 0.282 e. The third-order valence-corrected chi connectivity index (χ3v) is 6.25. The number of hydrogen-bond acceptors (Lipinski definition) is 4. The number of benzene rings is 2. The lowest BCUT2D eigenvalue weighted by Crippen LogP contribution is -2.28. The summed E-state index contributed by atoms with van der Waals surface area (Å²) in [7, 11) is -9.81. The van der Waals surface area contributed by atoms with E-state index in [0.29, 0.717) is 18.2 Å². The Morgan fingerprint density at radius 1 is 0.800 bits per heavy atom. The zero-order valence-electron chi connectivity index (χ0n) is 14.6. The molecule has 0 heterocycles. The molecule has 6 nitrogen and oxygen atoms in total. The van der Waals surface area contributed by atoms with E-state index in [9.17, 15) is 43.2 Å². The molecule has 0 unspecified atom stereocenters. The monoisotopic (exact) mass is 477 g/mol. The van der Waals surface area contributed by atoms with Gasteiger partial charge >= 0.3 is 12.4 Å². The van der Waals surface area contributed by atoms with Crippen LogP contribution in [0.15, 0.2) is 52.3 Å². The molecule has 2 aromatic rings. The minimum Gasteiger partial charge on any atom is -0.282 e. The van der Waals surface area contributed by atoms with Crippen molar-refractivity contribution in [3.8, 4) is 0 Å². The molecule has 0 amide bonds. The Kier molecular flexibility index (Phi) is 6.57. The molecule has 0 atom stereocenters. The molecule has 0 aliphatic carbocycles. The molecule has 2 rings (SSSR count). The fourth-order valence-corrected chi connectivity index (χ4v) is 4.47. The Labute approximate surface area is 167 Å². The SMILES string of the molecule is O=S(=O)(O)c1ccc(CCNS(=O)(=O)c2ccccc2C(F)(F)F)cc1C(F)(F)F. The topological polar surface area (TPSA) is 101 Å². The van der Waals surface area contributed by atoms with Gasteiger partial charge in [-0.05, 0) is 36.2 Å². The summed E-state index contributed by atoms with van der Waals surface area (Å²) in [5.41, 5.74) is -3.23. The number of alkyl halides is 6. The van der Waals surface area contributed by atoms with E-state index in [4.69, 9.17) is 4.55 Å². The molecule has 0 saturated heterocycles. The van der Waals surface area contributed by atoms with Crippen molar-refractivity contribution in [2.45, 2.75) is 28.6 Å². The third-order valence-electron chi connectivity index (χ3n) is 3.82. The van der Waals surface area contributed by atoms with Gasteiger partial charge in [-0.15, -0.1) is 0 Å². The van der Waals surface area contributed by atoms with Crippen LogP contribution >= 0.6 is 0 Å². The van der Waals surface area contributed by atoms with E-state index in [2.05, 4.69) is 0 Å². The Balaban J connectivity index is 2.26. The highest BCUT2D eigenvalue weighted by Gasteiger charge is 2.38. The average Bonchev–Trinajstić information content (AvgIpc) is 2.59. The predicted octanol–water partition coefficient (Wildman–Crippen LogP) is 3.49. The summed E-state index contributed by atoms with van der Waals surface area (Å²) in [5, 5.41) is 0. The molecule has 30 heavy (non-hydrogen) atoms. The molecule has 166 valence electrons. The second-order valence-corrected chi connectivity index (χ2v) is 9.07. The molecule has 0 radical (unpaired) electrons. The molecule has 0 aromatic heterocycles. The second-order valence-electron chi connectivity index (χ2n) is 5.95. The van der Waals surface area contributed by atoms with Crippen LogP contribution in [0.4, 0.5) is 26.3 Å². The molecular formula is C16H13F6NO5S2. The molecular weight excluding hydrogens is 464 g/mol. The van der Waals surface area contributed by atoms with Crippen LogP contribution in [-0.4, -0.2) is 27.9 Å². The maximum atomic E-state index is 13.1. The molecule has 14 heteroatoms. The van der Waals surface area contributed by atoms with Crippen LogP contribution in [0.5, 0.6) is 0 Å². The summed E-state index contributed by atoms with van der Waals surface area (Å²) in [5.74, 6) is 0. The normalized spacial score (nSPS) is 13.4. The van der Waals surface area contributed by atoms with Crippen LogP contribution in [0.2, 0.25) is 0 Å². The quantitative estimate of drug-likeness (QED) is 0.490. The van der Waals surface area contributed by atoms with Crippen LogP contribution in [-0.2, 0) is 38.9 Å². The van der Waals surface area contributed by atoms with Gasteiger partial charge in [0.05, 0.1) is 16.0 Å². The first kappa shape index (κ1) is 24.1. The largest absolute Gasteiger partial charge is 0.417 e. The Bertz CT molecular complexity index is 1140. The highest BCUT2D eigenvalue weighted by Crippen LogP contribution is 2.35. The maximum absolute atomic E-state index is 13.1. The zero-order chi connectivity index (χ0) is 23.0. The Hall–Kier alpha value is -2.16. The molecule has 0 fully saturated rings. The summed E-state index contributed by atoms with van der Waals surface area (Å²) >= 11 is 0. The van der Waals surface area contributed by atoms with Gasteiger partial charge in [-0.3, -0.25) is 4.55 Å². The van der Waals surface area contributed by atoms with Crippen molar-refractivity contribution >= 4 is 20.1 Å². The number of nitrogens with one attached hydrogen (secondary N) is 1. The fraction of sp³-hybridized carbons (Fsp3) is 0.250. The van der Waals surface area contributed by atoms with Crippen LogP contribution in [0.3, 0.4) is 0 Å². The van der Waals surface area contributed by atoms with Crippen molar-refractivity contribution in [3.63, 3.8) is 0 Å². The molecule has 0 aliphatic heterocycles. The van der Waals surface area contributed by atoms with E-state index in [1.54, 1.807) is 0 Å². The number of hydrogen-bond donors (Lipinski definition) is 2. The highest BCUT2D eigenvalue weighted by atomic mass is 32.2. The lowest BCUT2D eigenvalue weighted by molar-refractivity contribution is -0.140. The van der Waals surface area contributed by atoms with E-state index >= 15 is 0 Å². The average molecular weight is 477 g/mol. The van der Waals surface area contributed by atoms with Crippen molar-refractivity contribution in [2.75, 3.05) is 6.54 Å². The minimum atomic E-state index is -5.17. The second kappa shape index (κ2) is 8.17. The summed E-state index contributed by atoms with van der Waals surface area (Å²) in [6.07, 6.45) is -10.5. The fourth-order valence-electron chi connectivity index (χ4n) is 2.52. The van der Waals surface area contributed by atoms with Crippen molar-refractivity contribution in [1.82, 2.24) is 4.72 Å². The first-order valence-corrected chi connectivity index (χ1v) is 10.8. The van der Waals surface area contributed by atoms with Crippen LogP contribution in [0.25, 0.3) is 0 Å². The summed E-state index contributed by atoms with van der Waals surface area (Å²) in [6, 6.07) is 5.19. The van der Waals surface area contributed by atoms with Gasteiger partial charge in [-0.2, -0.15) is 34.8 Å². The van der Waals surface area contributed by atoms with Crippen LogP contribution in [0, 0.1) is 0 Å². The lowest BCUT2D eigenvalue weighted by atomic mass is 10.1. The standard InChI is InChI=1S/C16H13F6NO5S2/c17-15(18,19)11-3-1-2-4-13(11)29(24,25)23-8-7-10-5-6-14(30(26,27)28)12(9-10)16(20,21)22/h1-6,9,23H,7-8H2,(H,26,27,28). The molecule has 2 aromatic carbocycles. The Morgan fingerprint density at radius 3 is 1.90 bits per heavy atom. The minimum absolute atomic E-state index is 0.165. The van der Waals surface area contributed by atoms with Crippen molar-refractivity contribution in [2.24, 2.45) is 0 Å². The van der Waals surface area contributed by atoms with E-state index < -0.39 is 66.4 Å². The van der Waals surface area contributed by atoms with Gasteiger partial charge in [-0.1, -0.05) is 18.2 Å². The number of rotatable bonds is 6. The molecule has 0 saturated carbocycles. The Morgan fingerprint density at radius 2 is 1.37 bits per heavy atom. The predicted molar refractivity (Wildman–Crippen MR) is 91.6 cm³/mol. The summed E-state index contributed by atoms with van der Waals surface area (Å²) < 4.78 is 135. The van der Waals surface area contributed by atoms with Crippen molar-refractivity contribution in [3.05, 3.63) is 59.2 Å². The van der Waals surface area contributed by atoms with Crippen molar-refractivity contribution in [1.29, 1.82) is 0 Å². The summed E-state index contributed by atoms with van der Waals surface area (Å²) in [4.78, 5) is -2.42. The summed E-state index contributed by atoms with van der Waals surface area (Å²) in [6.45, 7) is -0.572. The third kappa shape index (κ3) is 5.71. The molecule has 0 aliphatic rings. The number of halogens is 6. The van der Waals surface area contributed by atoms with E-state index in [0.717, 1.165) is 24.3 Å². The number of sulfonamides is 1. The lowest BCUT2D eigenvalue weighted by Gasteiger charge is -2.15. The zero-order valence-corrected chi connectivity index (χ0v) is 16.3. The van der Waals surface area contributed by atoms with E-state index in [1.807, 2.05) is 4.72 Å². The van der Waals surface area contributed by atoms with Gasteiger partial charge in [-0.25, -0.2) is 13.1 Å². The molecule has 0 bridgehead atoms. The van der Waals surface area contributed by atoms with Gasteiger partial charge in [0.1, 0.15) is 4.90 Å². The van der Waals surface area contributed by atoms with Gasteiger partial charge in [0.25, 0.3) is 10.1 Å². The maximum Gasteiger partial charge on any atom is 0.417 e. The van der Waals surface area contributed by atoms with Crippen LogP contribution in [0.1, 0.15) is 16.7 Å². The molecule has 2 N–H and O–H groups in total. The van der Waals surface area contributed by atoms with E-state index in [-0.39, 0.29) is 5.56 Å². The highest BCUT2D eigenvalue weighted by molar-refractivity contribution is 7.89. The van der Waals surface area contributed by atoms with Gasteiger partial charge in [0.15, 0.2) is 0 Å².